The summed E-state index contributed by atoms with van der Waals surface area (Å²) in [6.07, 6.45) is -0.757. The van der Waals surface area contributed by atoms with Crippen LogP contribution in [0.15, 0.2) is 43.2 Å². The van der Waals surface area contributed by atoms with Gasteiger partial charge >= 0.3 is 6.18 Å². The summed E-state index contributed by atoms with van der Waals surface area (Å²) in [5, 5.41) is 4.99. The molecule has 1 aromatic carbocycles. The lowest BCUT2D eigenvalue weighted by Gasteiger charge is -2.14. The topological polar surface area (TPSA) is 66.9 Å². The van der Waals surface area contributed by atoms with Crippen molar-refractivity contribution in [1.82, 2.24) is 15.3 Å². The van der Waals surface area contributed by atoms with Crippen LogP contribution in [-0.2, 0) is 6.18 Å². The summed E-state index contributed by atoms with van der Waals surface area (Å²) in [6.45, 7) is 3.72. The number of rotatable bonds is 5. The molecule has 2 N–H and O–H groups in total. The van der Waals surface area contributed by atoms with Crippen LogP contribution in [-0.4, -0.2) is 22.4 Å². The summed E-state index contributed by atoms with van der Waals surface area (Å²) >= 11 is 5.62. The first-order valence-electron chi connectivity index (χ1n) is 6.66. The van der Waals surface area contributed by atoms with Crippen LogP contribution in [0.4, 0.5) is 24.7 Å². The number of alkyl halides is 3. The lowest BCUT2D eigenvalue weighted by molar-refractivity contribution is -0.136. The monoisotopic (exact) mass is 356 g/mol. The zero-order valence-corrected chi connectivity index (χ0v) is 12.9. The Bertz CT molecular complexity index is 747. The van der Waals surface area contributed by atoms with Crippen molar-refractivity contribution in [3.63, 3.8) is 0 Å². The Morgan fingerprint density at radius 2 is 2.04 bits per heavy atom. The van der Waals surface area contributed by atoms with Gasteiger partial charge in [-0.2, -0.15) is 13.2 Å². The molecule has 0 unspecified atom stereocenters. The van der Waals surface area contributed by atoms with Crippen LogP contribution in [0.3, 0.4) is 0 Å². The van der Waals surface area contributed by atoms with Gasteiger partial charge in [0.2, 0.25) is 0 Å². The first-order chi connectivity index (χ1) is 11.3. The summed E-state index contributed by atoms with van der Waals surface area (Å²) in [6, 6.07) is 3.33. The highest BCUT2D eigenvalue weighted by atomic mass is 35.5. The van der Waals surface area contributed by atoms with E-state index in [0.29, 0.717) is 0 Å². The molecule has 126 valence electrons. The average molecular weight is 357 g/mol. The van der Waals surface area contributed by atoms with E-state index in [2.05, 4.69) is 27.2 Å². The molecule has 0 saturated heterocycles. The maximum absolute atomic E-state index is 13.0. The second kappa shape index (κ2) is 7.31. The summed E-state index contributed by atoms with van der Waals surface area (Å²) in [7, 11) is 0. The Labute approximate surface area is 140 Å². The minimum atomic E-state index is -4.58. The van der Waals surface area contributed by atoms with E-state index in [-0.39, 0.29) is 28.8 Å². The summed E-state index contributed by atoms with van der Waals surface area (Å²) in [5.41, 5.74) is -1.11. The van der Waals surface area contributed by atoms with E-state index < -0.39 is 17.6 Å². The number of hydrogen-bond donors (Lipinski definition) is 2. The van der Waals surface area contributed by atoms with Gasteiger partial charge in [0.1, 0.15) is 11.5 Å². The number of carbonyl (C=O) groups is 1. The smallest absolute Gasteiger partial charge is 0.347 e. The minimum absolute atomic E-state index is 0.0341. The van der Waals surface area contributed by atoms with Crippen molar-refractivity contribution in [2.45, 2.75) is 6.18 Å². The highest BCUT2D eigenvalue weighted by molar-refractivity contribution is 6.30. The maximum atomic E-state index is 13.0. The lowest BCUT2D eigenvalue weighted by Crippen LogP contribution is -2.24. The fraction of sp³-hybridized carbons (Fsp3) is 0.133. The predicted octanol–water partition coefficient (Wildman–Crippen LogP) is 3.81. The van der Waals surface area contributed by atoms with E-state index in [4.69, 9.17) is 11.6 Å². The zero-order valence-electron chi connectivity index (χ0n) is 12.2. The molecule has 2 rings (SSSR count). The molecule has 2 aromatic rings. The molecule has 0 radical (unpaired) electrons. The molecule has 0 fully saturated rings. The number of halogens is 4. The van der Waals surface area contributed by atoms with Crippen molar-refractivity contribution in [3.8, 4) is 0 Å². The van der Waals surface area contributed by atoms with Gasteiger partial charge in [-0.3, -0.25) is 4.79 Å². The number of carbonyl (C=O) groups excluding carboxylic acids is 1. The fourth-order valence-electron chi connectivity index (χ4n) is 1.76. The van der Waals surface area contributed by atoms with Gasteiger partial charge in [-0.05, 0) is 18.2 Å². The van der Waals surface area contributed by atoms with Gasteiger partial charge in [-0.1, -0.05) is 17.7 Å². The van der Waals surface area contributed by atoms with Crippen molar-refractivity contribution < 1.29 is 18.0 Å². The Hall–Kier alpha value is -2.61. The molecular formula is C15H12ClF3N4O. The van der Waals surface area contributed by atoms with E-state index in [1.807, 2.05) is 0 Å². The van der Waals surface area contributed by atoms with E-state index in [1.165, 1.54) is 18.2 Å². The molecule has 0 aliphatic carbocycles. The second-order valence-electron chi connectivity index (χ2n) is 4.60. The third-order valence-electron chi connectivity index (χ3n) is 2.84. The van der Waals surface area contributed by atoms with Crippen molar-refractivity contribution in [1.29, 1.82) is 0 Å². The van der Waals surface area contributed by atoms with Crippen LogP contribution in [0, 0.1) is 0 Å². The molecule has 0 bridgehead atoms. The SMILES string of the molecule is C=CCNC(=O)c1cnc(Nc2ccc(Cl)cc2C(F)(F)F)cn1. The molecule has 0 atom stereocenters. The van der Waals surface area contributed by atoms with Crippen molar-refractivity contribution in [3.05, 3.63) is 59.5 Å². The number of amides is 1. The molecule has 1 aromatic heterocycles. The highest BCUT2D eigenvalue weighted by Gasteiger charge is 2.34. The van der Waals surface area contributed by atoms with Gasteiger partial charge in [0, 0.05) is 11.6 Å². The van der Waals surface area contributed by atoms with Gasteiger partial charge in [-0.15, -0.1) is 6.58 Å². The van der Waals surface area contributed by atoms with E-state index in [1.54, 1.807) is 0 Å². The number of benzene rings is 1. The molecule has 0 aliphatic rings. The summed E-state index contributed by atoms with van der Waals surface area (Å²) < 4.78 is 39.1. The number of aromatic nitrogens is 2. The number of hydrogen-bond acceptors (Lipinski definition) is 4. The van der Waals surface area contributed by atoms with Crippen LogP contribution in [0.1, 0.15) is 16.1 Å². The summed E-state index contributed by atoms with van der Waals surface area (Å²) in [5.74, 6) is -0.403. The van der Waals surface area contributed by atoms with Gasteiger partial charge < -0.3 is 10.6 Å². The van der Waals surface area contributed by atoms with Crippen LogP contribution >= 0.6 is 11.6 Å². The molecule has 5 nitrogen and oxygen atoms in total. The largest absolute Gasteiger partial charge is 0.418 e. The molecule has 1 amide bonds. The predicted molar refractivity (Wildman–Crippen MR) is 84.3 cm³/mol. The highest BCUT2D eigenvalue weighted by Crippen LogP contribution is 2.37. The van der Waals surface area contributed by atoms with Crippen LogP contribution in [0.25, 0.3) is 0 Å². The van der Waals surface area contributed by atoms with Crippen molar-refractivity contribution >= 4 is 29.0 Å². The number of nitrogens with zero attached hydrogens (tertiary/aromatic N) is 2. The maximum Gasteiger partial charge on any atom is 0.418 e. The van der Waals surface area contributed by atoms with Crippen molar-refractivity contribution in [2.24, 2.45) is 0 Å². The van der Waals surface area contributed by atoms with Crippen LogP contribution in [0.5, 0.6) is 0 Å². The normalized spacial score (nSPS) is 11.0. The molecule has 0 saturated carbocycles. The lowest BCUT2D eigenvalue weighted by atomic mass is 10.1. The standard InChI is InChI=1S/C15H12ClF3N4O/c1-2-5-20-14(24)12-7-22-13(8-21-12)23-11-4-3-9(16)6-10(11)15(17,18)19/h2-4,6-8H,1,5H2,(H,20,24)(H,22,23). The fourth-order valence-corrected chi connectivity index (χ4v) is 1.94. The van der Waals surface area contributed by atoms with Gasteiger partial charge in [-0.25, -0.2) is 9.97 Å². The van der Waals surface area contributed by atoms with Crippen LogP contribution < -0.4 is 10.6 Å². The zero-order chi connectivity index (χ0) is 17.7. The van der Waals surface area contributed by atoms with Crippen molar-refractivity contribution in [2.75, 3.05) is 11.9 Å². The number of nitrogens with one attached hydrogen (secondary N) is 2. The molecule has 9 heteroatoms. The molecule has 0 aliphatic heterocycles. The minimum Gasteiger partial charge on any atom is -0.347 e. The Morgan fingerprint density at radius 3 is 2.62 bits per heavy atom. The summed E-state index contributed by atoms with van der Waals surface area (Å²) in [4.78, 5) is 19.4. The third-order valence-corrected chi connectivity index (χ3v) is 3.08. The Morgan fingerprint density at radius 1 is 1.29 bits per heavy atom. The van der Waals surface area contributed by atoms with Gasteiger partial charge in [0.05, 0.1) is 23.6 Å². The van der Waals surface area contributed by atoms with Gasteiger partial charge in [0.15, 0.2) is 0 Å². The van der Waals surface area contributed by atoms with E-state index >= 15 is 0 Å². The molecule has 0 spiro atoms. The van der Waals surface area contributed by atoms with E-state index in [9.17, 15) is 18.0 Å². The van der Waals surface area contributed by atoms with Gasteiger partial charge in [0.25, 0.3) is 5.91 Å². The Kier molecular flexibility index (Phi) is 5.40. The quantitative estimate of drug-likeness (QED) is 0.799. The third kappa shape index (κ3) is 4.45. The number of anilines is 2. The second-order valence-corrected chi connectivity index (χ2v) is 5.03. The molecule has 24 heavy (non-hydrogen) atoms. The molecular weight excluding hydrogens is 345 g/mol. The van der Waals surface area contributed by atoms with Crippen LogP contribution in [0.2, 0.25) is 5.02 Å². The Balaban J connectivity index is 2.20. The first kappa shape index (κ1) is 17.7. The molecule has 1 heterocycles. The average Bonchev–Trinajstić information content (AvgIpc) is 2.54. The first-order valence-corrected chi connectivity index (χ1v) is 7.04. The van der Waals surface area contributed by atoms with E-state index in [0.717, 1.165) is 18.5 Å².